The number of azo groups is 2. The Labute approximate surface area is 303 Å². The number of anilines is 1. The van der Waals surface area contributed by atoms with Crippen LogP contribution >= 0.6 is 12.0 Å². The summed E-state index contributed by atoms with van der Waals surface area (Å²) in [6.07, 6.45) is 1.44. The van der Waals surface area contributed by atoms with E-state index in [-0.39, 0.29) is 57.8 Å². The molecule has 3 amide bonds. The van der Waals surface area contributed by atoms with Gasteiger partial charge < -0.3 is 15.2 Å². The summed E-state index contributed by atoms with van der Waals surface area (Å²) in [5.74, 6) is -2.37. The number of amides is 3. The van der Waals surface area contributed by atoms with Crippen LogP contribution in [-0.2, 0) is 29.1 Å². The average molecular weight is 764 g/mol. The fourth-order valence-electron chi connectivity index (χ4n) is 4.66. The van der Waals surface area contributed by atoms with Gasteiger partial charge in [-0.25, -0.2) is 5.26 Å². The summed E-state index contributed by atoms with van der Waals surface area (Å²) >= 11 is 0.515. The van der Waals surface area contributed by atoms with Crippen molar-refractivity contribution in [2.24, 2.45) is 25.4 Å². The summed E-state index contributed by atoms with van der Waals surface area (Å²) in [7, 11) is -4.70. The smallest absolute Gasteiger partial charge is 0.295 e. The highest BCUT2D eigenvalue weighted by Gasteiger charge is 2.33. The number of aliphatic hydroxyl groups is 1. The van der Waals surface area contributed by atoms with E-state index in [1.54, 1.807) is 19.1 Å². The molecule has 1 heterocycles. The number of benzene rings is 4. The maximum Gasteiger partial charge on any atom is 0.295 e. The van der Waals surface area contributed by atoms with Gasteiger partial charge in [0, 0.05) is 21.9 Å². The van der Waals surface area contributed by atoms with Crippen molar-refractivity contribution in [1.82, 2.24) is 10.6 Å². The topological polar surface area (TPSA) is 295 Å². The number of nitrogens with one attached hydrogen (secondary N) is 3. The minimum Gasteiger partial charge on any atom is -0.489 e. The van der Waals surface area contributed by atoms with Crippen LogP contribution in [0.25, 0.3) is 10.8 Å². The maximum absolute atomic E-state index is 13.2. The van der Waals surface area contributed by atoms with Crippen LogP contribution in [0, 0.1) is 18.4 Å². The Morgan fingerprint density at radius 1 is 1.00 bits per heavy atom. The number of aliphatic imine (C=N–C) groups is 1. The van der Waals surface area contributed by atoms with Crippen LogP contribution in [0.3, 0.4) is 0 Å². The van der Waals surface area contributed by atoms with Gasteiger partial charge in [0.05, 0.1) is 41.4 Å². The van der Waals surface area contributed by atoms with Crippen LogP contribution in [0.5, 0.6) is 5.75 Å². The van der Waals surface area contributed by atoms with E-state index in [9.17, 15) is 32.5 Å². The van der Waals surface area contributed by atoms with Crippen molar-refractivity contribution >= 4 is 79.4 Å². The summed E-state index contributed by atoms with van der Waals surface area (Å²) in [5, 5.41) is 53.7. The minimum atomic E-state index is -4.70. The number of rotatable bonds is 13. The van der Waals surface area contributed by atoms with Gasteiger partial charge >= 0.3 is 0 Å². The van der Waals surface area contributed by atoms with Crippen molar-refractivity contribution in [2.75, 3.05) is 18.5 Å². The largest absolute Gasteiger partial charge is 0.489 e. The number of fused-ring (bicyclic) bond motifs is 1. The standard InChI is InChI=1S/C31H25N9O11S2/c1-16-10-24(34-28(42)17-2-5-19(6-3-17)37-40-27-29(43)35-31(33-15-32)36-30(27)44)25(49-9-8-41)14-23(16)39-38-20-7-4-18-11-21(52-51-50-45)13-26(22(18)12-20)53(46,47)48/h2-7,10-14,27,41,45H,8-9H2,1H3,(H,34,42)(H,46,47,48)(H2,33,35,36,43,44). The summed E-state index contributed by atoms with van der Waals surface area (Å²) in [6, 6.07) is 14.4. The molecule has 0 bridgehead atoms. The molecule has 272 valence electrons. The van der Waals surface area contributed by atoms with Gasteiger partial charge in [0.2, 0.25) is 18.2 Å². The third kappa shape index (κ3) is 9.58. The lowest BCUT2D eigenvalue weighted by atomic mass is 10.1. The van der Waals surface area contributed by atoms with Crippen molar-refractivity contribution in [3.63, 3.8) is 0 Å². The molecule has 0 aromatic heterocycles. The Hall–Kier alpha value is -6.19. The molecule has 53 heavy (non-hydrogen) atoms. The Kier molecular flexibility index (Phi) is 12.1. The molecule has 20 nitrogen and oxygen atoms in total. The van der Waals surface area contributed by atoms with Gasteiger partial charge in [-0.05, 0) is 72.5 Å². The van der Waals surface area contributed by atoms with Gasteiger partial charge in [-0.2, -0.15) is 34.1 Å². The summed E-state index contributed by atoms with van der Waals surface area (Å²) < 4.78 is 44.1. The van der Waals surface area contributed by atoms with E-state index in [2.05, 4.69) is 50.8 Å². The third-order valence-electron chi connectivity index (χ3n) is 7.04. The Morgan fingerprint density at radius 3 is 2.38 bits per heavy atom. The second-order valence-corrected chi connectivity index (χ2v) is 12.8. The molecular formula is C31H25N9O11S2. The zero-order valence-electron chi connectivity index (χ0n) is 26.9. The zero-order chi connectivity index (χ0) is 38.1. The van der Waals surface area contributed by atoms with Crippen molar-refractivity contribution < 1.29 is 51.8 Å². The van der Waals surface area contributed by atoms with E-state index < -0.39 is 38.8 Å². The lowest BCUT2D eigenvalue weighted by Crippen LogP contribution is -2.58. The predicted octanol–water partition coefficient (Wildman–Crippen LogP) is 4.40. The molecule has 5 rings (SSSR count). The zero-order valence-corrected chi connectivity index (χ0v) is 28.6. The highest BCUT2D eigenvalue weighted by molar-refractivity contribution is 7.94. The van der Waals surface area contributed by atoms with Gasteiger partial charge in [0.15, 0.2) is 0 Å². The molecule has 0 aliphatic carbocycles. The van der Waals surface area contributed by atoms with E-state index in [1.807, 2.05) is 0 Å². The molecule has 6 N–H and O–H groups in total. The predicted molar refractivity (Wildman–Crippen MR) is 184 cm³/mol. The van der Waals surface area contributed by atoms with Crippen LogP contribution in [0.4, 0.5) is 22.7 Å². The molecule has 0 saturated carbocycles. The molecule has 4 aromatic carbocycles. The van der Waals surface area contributed by atoms with Crippen molar-refractivity contribution in [3.05, 3.63) is 77.9 Å². The molecule has 1 fully saturated rings. The van der Waals surface area contributed by atoms with Crippen LogP contribution < -0.4 is 20.7 Å². The van der Waals surface area contributed by atoms with E-state index in [0.717, 1.165) is 6.07 Å². The molecular weight excluding hydrogens is 739 g/mol. The Morgan fingerprint density at radius 2 is 1.72 bits per heavy atom. The summed E-state index contributed by atoms with van der Waals surface area (Å²) in [5.41, 5.74) is 1.74. The number of aliphatic hydroxyl groups excluding tert-OH is 1. The molecule has 0 unspecified atom stereocenters. The van der Waals surface area contributed by atoms with Crippen LogP contribution in [0.15, 0.2) is 102 Å². The van der Waals surface area contributed by atoms with Crippen molar-refractivity contribution in [1.29, 1.82) is 5.26 Å². The first-order valence-electron chi connectivity index (χ1n) is 14.8. The van der Waals surface area contributed by atoms with Crippen molar-refractivity contribution in [2.45, 2.75) is 22.8 Å². The number of carbonyl (C=O) groups excluding carboxylic acids is 3. The van der Waals surface area contributed by atoms with E-state index >= 15 is 0 Å². The van der Waals surface area contributed by atoms with E-state index in [4.69, 9.17) is 15.3 Å². The molecule has 1 aliphatic heterocycles. The number of guanidine groups is 1. The van der Waals surface area contributed by atoms with Crippen LogP contribution in [0.2, 0.25) is 0 Å². The monoisotopic (exact) mass is 763 g/mol. The molecule has 4 aromatic rings. The first-order valence-corrected chi connectivity index (χ1v) is 17.0. The first-order chi connectivity index (χ1) is 25.4. The minimum absolute atomic E-state index is 0.121. The second kappa shape index (κ2) is 16.9. The van der Waals surface area contributed by atoms with E-state index in [0.29, 0.717) is 28.7 Å². The average Bonchev–Trinajstić information content (AvgIpc) is 3.12. The summed E-state index contributed by atoms with van der Waals surface area (Å²) in [4.78, 5) is 40.5. The fourth-order valence-corrected chi connectivity index (χ4v) is 5.92. The molecule has 1 aliphatic rings. The highest BCUT2D eigenvalue weighted by Crippen LogP contribution is 2.36. The van der Waals surface area contributed by atoms with Crippen molar-refractivity contribution in [3.8, 4) is 11.9 Å². The molecule has 0 spiro atoms. The maximum atomic E-state index is 13.2. The number of nitriles is 1. The lowest BCUT2D eigenvalue weighted by Gasteiger charge is -2.18. The quantitative estimate of drug-likeness (QED) is 0.0210. The lowest BCUT2D eigenvalue weighted by molar-refractivity contribution is -0.432. The highest BCUT2D eigenvalue weighted by atomic mass is 32.2. The summed E-state index contributed by atoms with van der Waals surface area (Å²) in [6.45, 7) is 1.24. The second-order valence-electron chi connectivity index (χ2n) is 10.6. The van der Waals surface area contributed by atoms with Crippen LogP contribution in [0.1, 0.15) is 15.9 Å². The first kappa shape index (κ1) is 38.1. The third-order valence-corrected chi connectivity index (χ3v) is 8.49. The number of ether oxygens (including phenoxy) is 1. The van der Waals surface area contributed by atoms with E-state index in [1.165, 1.54) is 54.7 Å². The van der Waals surface area contributed by atoms with Gasteiger partial charge in [-0.3, -0.25) is 29.6 Å². The Bertz CT molecular complexity index is 2310. The number of nitrogens with zero attached hydrogens (tertiary/aromatic N) is 6. The van der Waals surface area contributed by atoms with Crippen LogP contribution in [-0.4, -0.2) is 66.3 Å². The van der Waals surface area contributed by atoms with Gasteiger partial charge in [0.1, 0.15) is 17.3 Å². The number of hydrogen-bond acceptors (Lipinski definition) is 17. The molecule has 0 atom stereocenters. The number of aryl methyl sites for hydroxylation is 1. The molecule has 1 saturated heterocycles. The van der Waals surface area contributed by atoms with Gasteiger partial charge in [-0.15, -0.1) is 9.33 Å². The Balaban J connectivity index is 1.33. The fraction of sp³-hybridized carbons (Fsp3) is 0.129. The SMILES string of the molecule is Cc1cc(NC(=O)c2ccc(N=NC3C(=O)NC(=NC#N)NC3=O)cc2)c(OCCO)cc1N=Nc1ccc2cc(SOOO)cc(S(=O)(=O)O)c2c1. The molecule has 22 heteroatoms. The molecule has 0 radical (unpaired) electrons. The van der Waals surface area contributed by atoms with Gasteiger partial charge in [0.25, 0.3) is 27.8 Å². The normalized spacial score (nSPS) is 14.6. The van der Waals surface area contributed by atoms with Gasteiger partial charge in [-0.1, -0.05) is 11.1 Å². The number of carbonyl (C=O) groups is 3. The number of hydrogen-bond donors (Lipinski definition) is 6.